The Morgan fingerprint density at radius 1 is 0.792 bits per heavy atom. The number of thiazole rings is 2. The number of carbonyl (C=O) groups excluding carboxylic acids is 1. The number of benzene rings is 2. The van der Waals surface area contributed by atoms with Crippen LogP contribution in [0.3, 0.4) is 0 Å². The Kier molecular flexibility index (Phi) is 10.8. The fourth-order valence-electron chi connectivity index (χ4n) is 5.54. The Morgan fingerprint density at radius 3 is 2.11 bits per heavy atom. The van der Waals surface area contributed by atoms with Gasteiger partial charge in [-0.1, -0.05) is 66.1 Å². The van der Waals surface area contributed by atoms with Crippen LogP contribution in [0.2, 0.25) is 0 Å². The number of allylic oxidation sites excluding steroid dienone is 1. The second-order valence-corrected chi connectivity index (χ2v) is 17.6. The van der Waals surface area contributed by atoms with E-state index in [1.165, 1.54) is 17.8 Å². The number of hydrogen-bond donors (Lipinski definition) is 4. The zero-order valence-corrected chi connectivity index (χ0v) is 31.6. The summed E-state index contributed by atoms with van der Waals surface area (Å²) in [4.78, 5) is 79.0. The number of carboxylic acid groups (broad SMARTS) is 3. The molecule has 276 valence electrons. The van der Waals surface area contributed by atoms with E-state index in [-0.39, 0.29) is 40.6 Å². The number of aromatic nitrogens is 2. The predicted molar refractivity (Wildman–Crippen MR) is 203 cm³/mol. The number of anilines is 1. The maximum Gasteiger partial charge on any atom is 0.323 e. The highest BCUT2D eigenvalue weighted by Crippen LogP contribution is 2.49. The number of carboxylic acids is 3. The quantitative estimate of drug-likeness (QED) is 0.123. The van der Waals surface area contributed by atoms with Gasteiger partial charge in [-0.15, -0.1) is 22.7 Å². The molecule has 16 nitrogen and oxygen atoms in total. The van der Waals surface area contributed by atoms with Crippen molar-refractivity contribution in [1.82, 2.24) is 14.0 Å². The average molecular weight is 837 g/mol. The lowest BCUT2D eigenvalue weighted by molar-refractivity contribution is -0.140. The molecule has 2 aromatic heterocycles. The Morgan fingerprint density at radius 2 is 1.45 bits per heavy atom. The fraction of sp³-hybridized carbons (Fsp3) is 0.194. The second-order valence-electron chi connectivity index (χ2n) is 11.3. The lowest BCUT2D eigenvalue weighted by Gasteiger charge is -2.21. The molecule has 0 radical (unpaired) electrons. The van der Waals surface area contributed by atoms with Crippen LogP contribution in [0.5, 0.6) is 0 Å². The molecule has 1 fully saturated rings. The largest absolute Gasteiger partial charge is 0.480 e. The summed E-state index contributed by atoms with van der Waals surface area (Å²) in [6.45, 7) is -2.37. The van der Waals surface area contributed by atoms with E-state index in [4.69, 9.17) is 12.2 Å². The third kappa shape index (κ3) is 7.88. The summed E-state index contributed by atoms with van der Waals surface area (Å²) >= 11 is 8.58. The van der Waals surface area contributed by atoms with Gasteiger partial charge in [0.05, 0.1) is 21.0 Å². The van der Waals surface area contributed by atoms with Gasteiger partial charge in [0.1, 0.15) is 42.7 Å². The van der Waals surface area contributed by atoms with Crippen molar-refractivity contribution >= 4 is 124 Å². The van der Waals surface area contributed by atoms with Gasteiger partial charge < -0.3 is 20.2 Å². The molecule has 0 bridgehead atoms. The Balaban J connectivity index is 1.56. The monoisotopic (exact) mass is 836 g/mol. The number of thiocarbonyl (C=S) groups is 1. The van der Waals surface area contributed by atoms with E-state index < -0.39 is 70.4 Å². The third-order valence-corrected chi connectivity index (χ3v) is 13.6. The summed E-state index contributed by atoms with van der Waals surface area (Å²) in [5.74, 6) is -5.58. The lowest BCUT2D eigenvalue weighted by atomic mass is 10.1. The van der Waals surface area contributed by atoms with Crippen LogP contribution in [0.1, 0.15) is 6.42 Å². The minimum absolute atomic E-state index is 0.0000309. The van der Waals surface area contributed by atoms with E-state index in [9.17, 15) is 57.1 Å². The van der Waals surface area contributed by atoms with Crippen LogP contribution in [-0.2, 0) is 42.4 Å². The number of carbonyl (C=O) groups is 4. The Bertz CT molecular complexity index is 2770. The van der Waals surface area contributed by atoms with Crippen molar-refractivity contribution < 1.29 is 47.5 Å². The highest BCUT2D eigenvalue weighted by molar-refractivity contribution is 8.30. The molecule has 2 aliphatic rings. The maximum atomic E-state index is 13.8. The van der Waals surface area contributed by atoms with Crippen LogP contribution >= 0.6 is 58.4 Å². The van der Waals surface area contributed by atoms with Gasteiger partial charge in [0, 0.05) is 16.8 Å². The Labute approximate surface area is 318 Å². The molecule has 4 heterocycles. The van der Waals surface area contributed by atoms with Crippen LogP contribution in [-0.4, -0.2) is 89.3 Å². The summed E-state index contributed by atoms with van der Waals surface area (Å²) in [6.07, 6.45) is 3.09. The number of aliphatic carboxylic acids is 3. The van der Waals surface area contributed by atoms with Gasteiger partial charge in [0.15, 0.2) is 0 Å². The normalized spacial score (nSPS) is 17.4. The molecule has 1 amide bonds. The van der Waals surface area contributed by atoms with E-state index in [0.29, 0.717) is 28.1 Å². The minimum Gasteiger partial charge on any atom is -0.480 e. The van der Waals surface area contributed by atoms with E-state index in [2.05, 4.69) is 0 Å². The van der Waals surface area contributed by atoms with Crippen LogP contribution in [0.15, 0.2) is 62.0 Å². The SMILES string of the molecule is O=C(O)CN1C(=O)C(=c2s/c(=c3/sc(=CC=C4Sc5ccc6ccccc6c5N4CCCS(=O)(=O)O)c(=O)n3CC(=O)O)c(=O)n2CC(=O)O)SC1=S. The van der Waals surface area contributed by atoms with Crippen molar-refractivity contribution in [1.29, 1.82) is 0 Å². The van der Waals surface area contributed by atoms with Gasteiger partial charge in [0.2, 0.25) is 0 Å². The van der Waals surface area contributed by atoms with E-state index in [1.807, 2.05) is 41.3 Å². The summed E-state index contributed by atoms with van der Waals surface area (Å²) in [5, 5.41) is 30.9. The zero-order valence-electron chi connectivity index (χ0n) is 26.7. The predicted octanol–water partition coefficient (Wildman–Crippen LogP) is 1.31. The highest BCUT2D eigenvalue weighted by atomic mass is 32.2. The molecule has 0 unspecified atom stereocenters. The number of thioether (sulfide) groups is 2. The third-order valence-electron chi connectivity index (χ3n) is 7.68. The molecule has 1 saturated heterocycles. The first-order valence-corrected chi connectivity index (χ1v) is 20.3. The summed E-state index contributed by atoms with van der Waals surface area (Å²) in [5.41, 5.74) is -0.915. The minimum atomic E-state index is -4.25. The number of rotatable bonds is 11. The maximum absolute atomic E-state index is 13.8. The summed E-state index contributed by atoms with van der Waals surface area (Å²) in [6, 6.07) is 11.4. The summed E-state index contributed by atoms with van der Waals surface area (Å²) in [7, 11) is -4.25. The molecule has 0 spiro atoms. The first-order chi connectivity index (χ1) is 25.0. The van der Waals surface area contributed by atoms with Crippen LogP contribution < -0.4 is 25.2 Å². The van der Waals surface area contributed by atoms with Crippen LogP contribution in [0.4, 0.5) is 5.69 Å². The molecular formula is C31H24N4O12S6. The van der Waals surface area contributed by atoms with Gasteiger partial charge in [-0.25, -0.2) is 0 Å². The van der Waals surface area contributed by atoms with Crippen molar-refractivity contribution in [3.63, 3.8) is 0 Å². The number of fused-ring (bicyclic) bond motifs is 3. The van der Waals surface area contributed by atoms with Crippen molar-refractivity contribution in [2.24, 2.45) is 0 Å². The number of amides is 1. The number of nitrogens with zero attached hydrogens (tertiary/aromatic N) is 4. The number of hydrogen-bond acceptors (Lipinski definition) is 14. The molecule has 4 aromatic rings. The molecule has 4 N–H and O–H groups in total. The summed E-state index contributed by atoms with van der Waals surface area (Å²) < 4.78 is 33.3. The van der Waals surface area contributed by atoms with Crippen molar-refractivity contribution in [3.8, 4) is 0 Å². The van der Waals surface area contributed by atoms with Crippen LogP contribution in [0.25, 0.3) is 21.8 Å². The first kappa shape index (κ1) is 38.2. The molecule has 53 heavy (non-hydrogen) atoms. The smallest absolute Gasteiger partial charge is 0.323 e. The van der Waals surface area contributed by atoms with Crippen molar-refractivity contribution in [2.75, 3.05) is 23.7 Å². The lowest BCUT2D eigenvalue weighted by Crippen LogP contribution is -2.35. The molecule has 0 saturated carbocycles. The van der Waals surface area contributed by atoms with Crippen LogP contribution in [0, 0.1) is 9.20 Å². The fourth-order valence-corrected chi connectivity index (χ4v) is 10.9. The van der Waals surface area contributed by atoms with Gasteiger partial charge in [0.25, 0.3) is 27.1 Å². The molecule has 2 aliphatic heterocycles. The van der Waals surface area contributed by atoms with E-state index >= 15 is 0 Å². The first-order valence-electron chi connectivity index (χ1n) is 15.1. The second kappa shape index (κ2) is 15.0. The van der Waals surface area contributed by atoms with Gasteiger partial charge in [-0.05, 0) is 30.0 Å². The average Bonchev–Trinajstić information content (AvgIpc) is 3.77. The molecule has 0 aliphatic carbocycles. The molecule has 6 rings (SSSR count). The van der Waals surface area contributed by atoms with Crippen molar-refractivity contribution in [3.05, 3.63) is 86.6 Å². The molecule has 2 aromatic carbocycles. The van der Waals surface area contributed by atoms with Gasteiger partial charge in [-0.3, -0.25) is 47.4 Å². The van der Waals surface area contributed by atoms with Gasteiger partial charge in [-0.2, -0.15) is 8.42 Å². The standard InChI is InChI=1S/C31H24N4O12S6/c36-20(37)12-33-26(42)18(8-9-19-32(10-3-11-53(45,46)47)23-16-5-2-1-4-15(16)6-7-17(23)49-19)50-29(33)24-27(43)34(13-21(38)39)30(51-24)25-28(44)35(14-22(40)41)31(48)52-25/h1-2,4-9H,3,10-14H2,(H,36,37)(H,38,39)(H,40,41)(H,45,46,47)/b18-8?,19-9?,29-24+,30-25?. The molecule has 22 heteroatoms. The van der Waals surface area contributed by atoms with E-state index in [1.54, 1.807) is 6.08 Å². The highest BCUT2D eigenvalue weighted by Gasteiger charge is 2.35. The topological polar surface area (TPSA) is 234 Å². The van der Waals surface area contributed by atoms with Crippen molar-refractivity contribution in [2.45, 2.75) is 24.4 Å². The molecular weight excluding hydrogens is 813 g/mol. The Hall–Kier alpha value is -4.58. The van der Waals surface area contributed by atoms with Gasteiger partial charge >= 0.3 is 17.9 Å². The zero-order chi connectivity index (χ0) is 38.4. The van der Waals surface area contributed by atoms with E-state index in [0.717, 1.165) is 46.7 Å². The molecule has 0 atom stereocenters.